The number of rotatable bonds is 4. The molecule has 0 spiro atoms. The molecular weight excluding hydrogens is 266 g/mol. The molecule has 7 nitrogen and oxygen atoms in total. The molecule has 0 amide bonds. The number of aromatic nitrogens is 4. The Balaban J connectivity index is 2.02. The number of H-pyrrole nitrogens is 1. The van der Waals surface area contributed by atoms with E-state index < -0.39 is 0 Å². The summed E-state index contributed by atoms with van der Waals surface area (Å²) in [6.07, 6.45) is 1.58. The first-order chi connectivity index (χ1) is 10.3. The van der Waals surface area contributed by atoms with Gasteiger partial charge in [0.1, 0.15) is 5.52 Å². The minimum Gasteiger partial charge on any atom is -0.354 e. The fourth-order valence-electron chi connectivity index (χ4n) is 1.96. The highest BCUT2D eigenvalue weighted by Gasteiger charge is 2.10. The van der Waals surface area contributed by atoms with Gasteiger partial charge >= 0.3 is 0 Å². The molecule has 0 saturated carbocycles. The van der Waals surface area contributed by atoms with E-state index in [2.05, 4.69) is 36.6 Å². The standard InChI is InChI=1S/C14H13N7/c1-2-16-14-20-12-11(17-8-18-12)13(21-14)19-10-5-3-4-9(6-10)7-15/h3-6,8H,2H2,1H3,(H3,16,17,18,19,20,21). The van der Waals surface area contributed by atoms with Crippen molar-refractivity contribution in [2.75, 3.05) is 17.2 Å². The van der Waals surface area contributed by atoms with Gasteiger partial charge < -0.3 is 15.6 Å². The van der Waals surface area contributed by atoms with Crippen LogP contribution in [0.1, 0.15) is 12.5 Å². The molecule has 3 rings (SSSR count). The summed E-state index contributed by atoms with van der Waals surface area (Å²) in [5.41, 5.74) is 2.67. The van der Waals surface area contributed by atoms with Crippen molar-refractivity contribution in [3.8, 4) is 6.07 Å². The van der Waals surface area contributed by atoms with Crippen LogP contribution in [0.25, 0.3) is 11.2 Å². The van der Waals surface area contributed by atoms with Crippen LogP contribution in [0.3, 0.4) is 0 Å². The van der Waals surface area contributed by atoms with Crippen molar-refractivity contribution < 1.29 is 0 Å². The normalized spacial score (nSPS) is 10.3. The molecule has 1 aromatic carbocycles. The van der Waals surface area contributed by atoms with Crippen molar-refractivity contribution in [2.24, 2.45) is 0 Å². The van der Waals surface area contributed by atoms with Crippen molar-refractivity contribution in [2.45, 2.75) is 6.92 Å². The largest absolute Gasteiger partial charge is 0.354 e. The summed E-state index contributed by atoms with van der Waals surface area (Å²) < 4.78 is 0. The summed E-state index contributed by atoms with van der Waals surface area (Å²) in [4.78, 5) is 15.9. The van der Waals surface area contributed by atoms with E-state index in [1.54, 1.807) is 18.5 Å². The van der Waals surface area contributed by atoms with Crippen LogP contribution in [0.2, 0.25) is 0 Å². The number of imidazole rings is 1. The van der Waals surface area contributed by atoms with Gasteiger partial charge in [0.05, 0.1) is 18.0 Å². The highest BCUT2D eigenvalue weighted by molar-refractivity contribution is 5.86. The molecule has 0 aliphatic carbocycles. The quantitative estimate of drug-likeness (QED) is 0.677. The second-order valence-corrected chi connectivity index (χ2v) is 4.34. The first-order valence-electron chi connectivity index (χ1n) is 6.52. The van der Waals surface area contributed by atoms with Crippen molar-refractivity contribution >= 4 is 28.6 Å². The Kier molecular flexibility index (Phi) is 3.35. The molecule has 0 aliphatic rings. The van der Waals surface area contributed by atoms with Crippen LogP contribution < -0.4 is 10.6 Å². The Morgan fingerprint density at radius 1 is 1.33 bits per heavy atom. The summed E-state index contributed by atoms with van der Waals surface area (Å²) >= 11 is 0. The lowest BCUT2D eigenvalue weighted by molar-refractivity contribution is 1.10. The van der Waals surface area contributed by atoms with Crippen molar-refractivity contribution in [1.82, 2.24) is 19.9 Å². The molecule has 104 valence electrons. The highest BCUT2D eigenvalue weighted by Crippen LogP contribution is 2.23. The number of benzene rings is 1. The molecule has 0 unspecified atom stereocenters. The van der Waals surface area contributed by atoms with Gasteiger partial charge in [-0.25, -0.2) is 4.98 Å². The molecular formula is C14H13N7. The van der Waals surface area contributed by atoms with E-state index in [4.69, 9.17) is 5.26 Å². The Bertz CT molecular complexity index is 816. The molecule has 3 N–H and O–H groups in total. The molecule has 7 heteroatoms. The topological polar surface area (TPSA) is 102 Å². The SMILES string of the molecule is CCNc1nc(Nc2cccc(C#N)c2)c2[nH]cnc2n1. The first-order valence-corrected chi connectivity index (χ1v) is 6.52. The van der Waals surface area contributed by atoms with E-state index in [1.807, 2.05) is 19.1 Å². The molecule has 2 heterocycles. The van der Waals surface area contributed by atoms with Gasteiger partial charge in [0.2, 0.25) is 5.95 Å². The maximum absolute atomic E-state index is 8.95. The van der Waals surface area contributed by atoms with E-state index in [0.29, 0.717) is 23.0 Å². The lowest BCUT2D eigenvalue weighted by Crippen LogP contribution is -2.05. The van der Waals surface area contributed by atoms with Gasteiger partial charge in [-0.3, -0.25) is 0 Å². The Labute approximate surface area is 121 Å². The summed E-state index contributed by atoms with van der Waals surface area (Å²) in [5.74, 6) is 1.12. The zero-order chi connectivity index (χ0) is 14.7. The molecule has 0 bridgehead atoms. The lowest BCUT2D eigenvalue weighted by atomic mass is 10.2. The van der Waals surface area contributed by atoms with Gasteiger partial charge in [-0.1, -0.05) is 6.07 Å². The van der Waals surface area contributed by atoms with E-state index in [0.717, 1.165) is 17.7 Å². The van der Waals surface area contributed by atoms with Gasteiger partial charge in [0.25, 0.3) is 0 Å². The number of fused-ring (bicyclic) bond motifs is 1. The van der Waals surface area contributed by atoms with E-state index in [9.17, 15) is 0 Å². The minimum absolute atomic E-state index is 0.510. The number of hydrogen-bond acceptors (Lipinski definition) is 6. The van der Waals surface area contributed by atoms with Crippen LogP contribution in [-0.4, -0.2) is 26.5 Å². The molecule has 3 aromatic rings. The smallest absolute Gasteiger partial charge is 0.226 e. The molecule has 21 heavy (non-hydrogen) atoms. The number of hydrogen-bond donors (Lipinski definition) is 3. The van der Waals surface area contributed by atoms with Gasteiger partial charge in [0.15, 0.2) is 11.5 Å². The number of aromatic amines is 1. The molecule has 2 aromatic heterocycles. The van der Waals surface area contributed by atoms with Crippen molar-refractivity contribution in [3.05, 3.63) is 36.2 Å². The molecule has 0 aliphatic heterocycles. The fourth-order valence-corrected chi connectivity index (χ4v) is 1.96. The lowest BCUT2D eigenvalue weighted by Gasteiger charge is -2.09. The second-order valence-electron chi connectivity index (χ2n) is 4.34. The van der Waals surface area contributed by atoms with Crippen LogP contribution in [-0.2, 0) is 0 Å². The van der Waals surface area contributed by atoms with Gasteiger partial charge in [-0.05, 0) is 25.1 Å². The third kappa shape index (κ3) is 2.60. The van der Waals surface area contributed by atoms with Crippen LogP contribution in [0.5, 0.6) is 0 Å². The maximum Gasteiger partial charge on any atom is 0.226 e. The van der Waals surface area contributed by atoms with Crippen LogP contribution in [0, 0.1) is 11.3 Å². The Morgan fingerprint density at radius 2 is 2.24 bits per heavy atom. The Morgan fingerprint density at radius 3 is 3.05 bits per heavy atom. The summed E-state index contributed by atoms with van der Waals surface area (Å²) in [6.45, 7) is 2.70. The molecule has 0 radical (unpaired) electrons. The number of nitrogens with zero attached hydrogens (tertiary/aromatic N) is 4. The van der Waals surface area contributed by atoms with E-state index in [-0.39, 0.29) is 0 Å². The van der Waals surface area contributed by atoms with Crippen LogP contribution >= 0.6 is 0 Å². The molecule has 0 saturated heterocycles. The van der Waals surface area contributed by atoms with Crippen LogP contribution in [0.4, 0.5) is 17.5 Å². The number of nitriles is 1. The van der Waals surface area contributed by atoms with Gasteiger partial charge in [-0.2, -0.15) is 15.2 Å². The zero-order valence-corrected chi connectivity index (χ0v) is 11.4. The predicted molar refractivity (Wildman–Crippen MR) is 80.3 cm³/mol. The molecule has 0 atom stereocenters. The van der Waals surface area contributed by atoms with Crippen molar-refractivity contribution in [3.63, 3.8) is 0 Å². The van der Waals surface area contributed by atoms with E-state index in [1.165, 1.54) is 0 Å². The third-order valence-electron chi connectivity index (χ3n) is 2.87. The summed E-state index contributed by atoms with van der Waals surface area (Å²) in [7, 11) is 0. The zero-order valence-electron chi connectivity index (χ0n) is 11.4. The molecule has 0 fully saturated rings. The summed E-state index contributed by atoms with van der Waals surface area (Å²) in [6, 6.07) is 9.31. The van der Waals surface area contributed by atoms with Crippen molar-refractivity contribution in [1.29, 1.82) is 5.26 Å². The monoisotopic (exact) mass is 279 g/mol. The minimum atomic E-state index is 0.510. The Hall–Kier alpha value is -3.14. The van der Waals surface area contributed by atoms with Gasteiger partial charge in [-0.15, -0.1) is 0 Å². The number of nitrogens with one attached hydrogen (secondary N) is 3. The second kappa shape index (κ2) is 5.46. The maximum atomic E-state index is 8.95. The fraction of sp³-hybridized carbons (Fsp3) is 0.143. The van der Waals surface area contributed by atoms with Crippen LogP contribution in [0.15, 0.2) is 30.6 Å². The number of anilines is 3. The van der Waals surface area contributed by atoms with E-state index >= 15 is 0 Å². The van der Waals surface area contributed by atoms with Gasteiger partial charge in [0, 0.05) is 12.2 Å². The highest BCUT2D eigenvalue weighted by atomic mass is 15.2. The average Bonchev–Trinajstić information content (AvgIpc) is 2.96. The summed E-state index contributed by atoms with van der Waals surface area (Å²) in [5, 5.41) is 15.2. The average molecular weight is 279 g/mol. The predicted octanol–water partition coefficient (Wildman–Crippen LogP) is 2.40. The first kappa shape index (κ1) is 12.9. The third-order valence-corrected chi connectivity index (χ3v) is 2.87.